The van der Waals surface area contributed by atoms with Crippen LogP contribution in [0, 0.1) is 35.5 Å². The second-order valence-electron chi connectivity index (χ2n) is 14.4. The molecule has 6 rings (SSSR count). The molecular weight excluding hydrogens is 606 g/mol. The Labute approximate surface area is 275 Å². The number of fused-ring (bicyclic) bond motifs is 1. The van der Waals surface area contributed by atoms with E-state index in [0.717, 1.165) is 45.3 Å². The van der Waals surface area contributed by atoms with Gasteiger partial charge in [0.1, 0.15) is 6.23 Å². The number of sulfone groups is 1. The van der Waals surface area contributed by atoms with E-state index in [9.17, 15) is 13.2 Å². The molecule has 5 saturated heterocycles. The van der Waals surface area contributed by atoms with Crippen LogP contribution in [0.5, 0.6) is 0 Å². The van der Waals surface area contributed by atoms with E-state index in [-0.39, 0.29) is 73.1 Å². The van der Waals surface area contributed by atoms with Crippen molar-refractivity contribution in [1.82, 2.24) is 30.7 Å². The van der Waals surface area contributed by atoms with Crippen molar-refractivity contribution in [3.63, 3.8) is 0 Å². The fourth-order valence-electron chi connectivity index (χ4n) is 9.22. The third-order valence-electron chi connectivity index (χ3n) is 11.7. The second kappa shape index (κ2) is 14.5. The van der Waals surface area contributed by atoms with Gasteiger partial charge in [0.15, 0.2) is 9.84 Å². The number of nitrogens with two attached hydrogens (primary N) is 1. The number of nitrogens with one attached hydrogen (secondary N) is 3. The Morgan fingerprint density at radius 2 is 1.83 bits per heavy atom. The minimum Gasteiger partial charge on any atom is -0.379 e. The van der Waals surface area contributed by atoms with Crippen LogP contribution in [0.2, 0.25) is 0 Å². The van der Waals surface area contributed by atoms with Crippen LogP contribution in [0.15, 0.2) is 12.7 Å². The first-order valence-electron chi connectivity index (χ1n) is 17.3. The summed E-state index contributed by atoms with van der Waals surface area (Å²) in [5.41, 5.74) is 6.76. The first-order valence-corrected chi connectivity index (χ1v) is 19.3. The summed E-state index contributed by atoms with van der Waals surface area (Å²) in [7, 11) is 0.642. The largest absolute Gasteiger partial charge is 0.379 e. The standard InChI is InChI=1S/C33H55N7O5S/c1-5-29(41)39-15-13-23(27(19-39)46(4,42)43)40-17-21(18-40)9-11-24-30(31-32(34)36-20-37-33(31)38(24)2)22-10-12-25(26(16-22)44-3)45-28-8-6-7-14-35-28/h5,21-28,30-33,35-37H,1,6-8,10,12-20,34H2,2-4H3. The minimum absolute atomic E-state index is 0.0392. The molecular formula is C33H55N7O5S. The normalized spacial score (nSPS) is 41.2. The van der Waals surface area contributed by atoms with E-state index in [1.165, 1.54) is 25.2 Å². The lowest BCUT2D eigenvalue weighted by Crippen LogP contribution is -2.63. The second-order valence-corrected chi connectivity index (χ2v) is 16.7. The molecule has 0 spiro atoms. The Hall–Kier alpha value is -1.60. The van der Waals surface area contributed by atoms with E-state index < -0.39 is 15.1 Å². The summed E-state index contributed by atoms with van der Waals surface area (Å²) in [6.45, 7) is 7.50. The molecule has 5 aliphatic heterocycles. The van der Waals surface area contributed by atoms with Crippen LogP contribution in [0.1, 0.15) is 44.9 Å². The molecule has 11 unspecified atom stereocenters. The third-order valence-corrected chi connectivity index (χ3v) is 13.3. The summed E-state index contributed by atoms with van der Waals surface area (Å²) in [4.78, 5) is 18.5. The highest BCUT2D eigenvalue weighted by Gasteiger charge is 2.54. The van der Waals surface area contributed by atoms with Crippen LogP contribution in [-0.2, 0) is 24.1 Å². The maximum absolute atomic E-state index is 12.8. The Kier molecular flexibility index (Phi) is 10.8. The topological polar surface area (TPSA) is 142 Å². The van der Waals surface area contributed by atoms with Crippen LogP contribution in [0.3, 0.4) is 0 Å². The average Bonchev–Trinajstić information content (AvgIpc) is 3.32. The number of carbonyl (C=O) groups is 1. The lowest BCUT2D eigenvalue weighted by atomic mass is 9.69. The third kappa shape index (κ3) is 7.07. The molecule has 0 aromatic rings. The molecule has 11 atom stereocenters. The minimum atomic E-state index is -3.34. The van der Waals surface area contributed by atoms with E-state index in [1.54, 1.807) is 4.90 Å². The SMILES string of the molecule is C=CC(=O)N1CCC(N2CC(C#CC3C(C4CCC(OC5CCCCN5)C(OC)C4)C4C(N)NCNC4N3C)C2)C(S(C)(=O)=O)C1. The number of hydrogen-bond acceptors (Lipinski definition) is 11. The Balaban J connectivity index is 1.13. The van der Waals surface area contributed by atoms with Gasteiger partial charge >= 0.3 is 0 Å². The van der Waals surface area contributed by atoms with Gasteiger partial charge in [-0.25, -0.2) is 8.42 Å². The first kappa shape index (κ1) is 34.3. The number of ether oxygens (including phenoxy) is 2. The molecule has 13 heteroatoms. The molecule has 12 nitrogen and oxygen atoms in total. The fourth-order valence-corrected chi connectivity index (χ4v) is 10.6. The lowest BCUT2D eigenvalue weighted by molar-refractivity contribution is -0.134. The van der Waals surface area contributed by atoms with Gasteiger partial charge < -0.3 is 20.1 Å². The molecule has 0 bridgehead atoms. The molecule has 0 radical (unpaired) electrons. The van der Waals surface area contributed by atoms with Gasteiger partial charge in [0.05, 0.1) is 35.8 Å². The van der Waals surface area contributed by atoms with Crippen LogP contribution in [-0.4, -0.2) is 137 Å². The quantitative estimate of drug-likeness (QED) is 0.212. The van der Waals surface area contributed by atoms with Gasteiger partial charge in [-0.1, -0.05) is 18.4 Å². The highest BCUT2D eigenvalue weighted by molar-refractivity contribution is 7.91. The van der Waals surface area contributed by atoms with E-state index in [0.29, 0.717) is 25.6 Å². The monoisotopic (exact) mass is 661 g/mol. The van der Waals surface area contributed by atoms with Gasteiger partial charge in [0, 0.05) is 64.1 Å². The van der Waals surface area contributed by atoms with Crippen molar-refractivity contribution < 1.29 is 22.7 Å². The summed E-state index contributed by atoms with van der Waals surface area (Å²) in [6.07, 6.45) is 9.88. The van der Waals surface area contributed by atoms with Gasteiger partial charge in [-0.05, 0) is 76.5 Å². The highest BCUT2D eigenvalue weighted by atomic mass is 32.2. The van der Waals surface area contributed by atoms with Crippen molar-refractivity contribution in [2.24, 2.45) is 29.4 Å². The summed E-state index contributed by atoms with van der Waals surface area (Å²) >= 11 is 0. The molecule has 1 saturated carbocycles. The van der Waals surface area contributed by atoms with Crippen molar-refractivity contribution in [2.75, 3.05) is 59.8 Å². The van der Waals surface area contributed by atoms with Gasteiger partial charge in [-0.15, -0.1) is 0 Å². The predicted octanol–water partition coefficient (Wildman–Crippen LogP) is -0.271. The van der Waals surface area contributed by atoms with Crippen molar-refractivity contribution in [3.8, 4) is 11.8 Å². The molecule has 1 amide bonds. The highest BCUT2D eigenvalue weighted by Crippen LogP contribution is 2.46. The number of methoxy groups -OCH3 is 1. The van der Waals surface area contributed by atoms with Crippen LogP contribution in [0.4, 0.5) is 0 Å². The molecule has 6 aliphatic rings. The predicted molar refractivity (Wildman–Crippen MR) is 177 cm³/mol. The molecule has 1 aliphatic carbocycles. The number of rotatable bonds is 7. The van der Waals surface area contributed by atoms with E-state index in [2.05, 4.69) is 51.2 Å². The van der Waals surface area contributed by atoms with Crippen LogP contribution >= 0.6 is 0 Å². The number of nitrogens with zero attached hydrogens (tertiary/aromatic N) is 3. The molecule has 6 fully saturated rings. The van der Waals surface area contributed by atoms with E-state index in [4.69, 9.17) is 15.2 Å². The van der Waals surface area contributed by atoms with E-state index in [1.807, 2.05) is 7.11 Å². The Bertz CT molecular complexity index is 1260. The fraction of sp³-hybridized carbons (Fsp3) is 0.848. The Morgan fingerprint density at radius 3 is 2.52 bits per heavy atom. The molecule has 258 valence electrons. The number of piperidine rings is 2. The molecule has 5 N–H and O–H groups in total. The number of likely N-dealkylation sites (tertiary alicyclic amines) is 3. The molecule has 46 heavy (non-hydrogen) atoms. The summed E-state index contributed by atoms with van der Waals surface area (Å²) < 4.78 is 38.1. The summed E-state index contributed by atoms with van der Waals surface area (Å²) in [5, 5.41) is 10.0. The zero-order valence-corrected chi connectivity index (χ0v) is 28.6. The molecule has 0 aromatic carbocycles. The van der Waals surface area contributed by atoms with Crippen molar-refractivity contribution in [3.05, 3.63) is 12.7 Å². The van der Waals surface area contributed by atoms with Gasteiger partial charge in [0.2, 0.25) is 5.91 Å². The van der Waals surface area contributed by atoms with Crippen LogP contribution < -0.4 is 21.7 Å². The number of amides is 1. The summed E-state index contributed by atoms with van der Waals surface area (Å²) in [5.74, 6) is 8.22. The maximum Gasteiger partial charge on any atom is 0.245 e. The lowest BCUT2D eigenvalue weighted by Gasteiger charge is -2.48. The molecule has 5 heterocycles. The van der Waals surface area contributed by atoms with Crippen LogP contribution in [0.25, 0.3) is 0 Å². The summed E-state index contributed by atoms with van der Waals surface area (Å²) in [6, 6.07) is -0.0495. The number of hydrogen-bond donors (Lipinski definition) is 4. The van der Waals surface area contributed by atoms with Gasteiger partial charge in [0.25, 0.3) is 0 Å². The first-order chi connectivity index (χ1) is 22.1. The van der Waals surface area contributed by atoms with Gasteiger partial charge in [-0.2, -0.15) is 0 Å². The Morgan fingerprint density at radius 1 is 1.02 bits per heavy atom. The maximum atomic E-state index is 12.8. The molecule has 0 aromatic heterocycles. The average molecular weight is 662 g/mol. The number of carbonyl (C=O) groups excluding carboxylic acids is 1. The van der Waals surface area contributed by atoms with Crippen molar-refractivity contribution in [1.29, 1.82) is 0 Å². The zero-order valence-electron chi connectivity index (χ0n) is 27.8. The van der Waals surface area contributed by atoms with Gasteiger partial charge in [-0.3, -0.25) is 30.5 Å². The van der Waals surface area contributed by atoms with Crippen molar-refractivity contribution >= 4 is 15.7 Å². The smallest absolute Gasteiger partial charge is 0.245 e. The van der Waals surface area contributed by atoms with Crippen molar-refractivity contribution in [2.45, 2.75) is 93.0 Å². The zero-order chi connectivity index (χ0) is 32.6. The van der Waals surface area contributed by atoms with E-state index >= 15 is 0 Å².